The summed E-state index contributed by atoms with van der Waals surface area (Å²) in [6.45, 7) is 0. The molecule has 0 saturated carbocycles. The normalized spacial score (nSPS) is 10.2. The van der Waals surface area contributed by atoms with E-state index in [0.29, 0.717) is 20.5 Å². The first-order valence-corrected chi connectivity index (χ1v) is 5.93. The minimum Gasteiger partial charge on any atom is -0.336 e. The number of nitrogens with zero attached hydrogens (tertiary/aromatic N) is 2. The molecule has 0 bridgehead atoms. The number of aromatic nitrogens is 2. The van der Waals surface area contributed by atoms with Gasteiger partial charge in [0, 0.05) is 10.7 Å². The molecule has 1 aromatic heterocycles. The molecule has 16 heavy (non-hydrogen) atoms. The first kappa shape index (κ1) is 11.5. The maximum atomic E-state index is 13.5. The van der Waals surface area contributed by atoms with Crippen molar-refractivity contribution in [2.75, 3.05) is 5.32 Å². The van der Waals surface area contributed by atoms with Crippen LogP contribution in [0.2, 0.25) is 0 Å². The third-order valence-corrected chi connectivity index (χ3v) is 3.11. The van der Waals surface area contributed by atoms with E-state index < -0.39 is 0 Å². The van der Waals surface area contributed by atoms with Crippen molar-refractivity contribution < 1.29 is 4.39 Å². The monoisotopic (exact) mass is 345 g/mol. The molecule has 1 N–H and O–H groups in total. The second-order valence-electron chi connectivity index (χ2n) is 2.94. The Balaban J connectivity index is 2.38. The lowest BCUT2D eigenvalue weighted by atomic mass is 10.3. The lowest BCUT2D eigenvalue weighted by molar-refractivity contribution is 0.631. The van der Waals surface area contributed by atoms with E-state index in [1.54, 1.807) is 18.3 Å². The molecular weight excluding hydrogens is 341 g/mol. The van der Waals surface area contributed by atoms with E-state index in [4.69, 9.17) is 0 Å². The minimum atomic E-state index is -0.347. The molecule has 0 fully saturated rings. The summed E-state index contributed by atoms with van der Waals surface area (Å²) < 4.78 is 14.8. The van der Waals surface area contributed by atoms with E-state index in [0.717, 1.165) is 0 Å². The van der Waals surface area contributed by atoms with Gasteiger partial charge in [-0.1, -0.05) is 6.07 Å². The van der Waals surface area contributed by atoms with Crippen molar-refractivity contribution in [2.45, 2.75) is 0 Å². The Bertz CT molecular complexity index is 499. The number of nitrogens with one attached hydrogen (secondary N) is 1. The smallest absolute Gasteiger partial charge is 0.148 e. The van der Waals surface area contributed by atoms with Crippen LogP contribution in [0.4, 0.5) is 15.9 Å². The Morgan fingerprint density at radius 2 is 2.00 bits per heavy atom. The molecule has 0 aliphatic rings. The quantitative estimate of drug-likeness (QED) is 0.896. The van der Waals surface area contributed by atoms with Crippen LogP contribution in [0.25, 0.3) is 0 Å². The summed E-state index contributed by atoms with van der Waals surface area (Å²) in [6, 6.07) is 4.75. The fourth-order valence-electron chi connectivity index (χ4n) is 1.14. The first-order chi connectivity index (χ1) is 7.68. The predicted octanol–water partition coefficient (Wildman–Crippen LogP) is 3.88. The molecule has 3 nitrogen and oxygen atoms in total. The van der Waals surface area contributed by atoms with E-state index in [1.807, 2.05) is 0 Å². The molecule has 0 radical (unpaired) electrons. The summed E-state index contributed by atoms with van der Waals surface area (Å²) in [5.74, 6) is 0.167. The van der Waals surface area contributed by atoms with Gasteiger partial charge in [0.15, 0.2) is 0 Å². The molecule has 0 aliphatic carbocycles. The molecule has 1 aromatic carbocycles. The molecule has 0 saturated heterocycles. The van der Waals surface area contributed by atoms with Crippen LogP contribution in [-0.4, -0.2) is 9.97 Å². The summed E-state index contributed by atoms with van der Waals surface area (Å²) >= 11 is 6.55. The largest absolute Gasteiger partial charge is 0.336 e. The Morgan fingerprint density at radius 3 is 2.69 bits per heavy atom. The van der Waals surface area contributed by atoms with Crippen LogP contribution < -0.4 is 5.32 Å². The van der Waals surface area contributed by atoms with Gasteiger partial charge in [-0.15, -0.1) is 0 Å². The molecule has 6 heteroatoms. The first-order valence-electron chi connectivity index (χ1n) is 4.35. The third kappa shape index (κ3) is 2.38. The average molecular weight is 347 g/mol. The summed E-state index contributed by atoms with van der Waals surface area (Å²) in [5.41, 5.74) is 0.349. The summed E-state index contributed by atoms with van der Waals surface area (Å²) in [6.07, 6.45) is 2.98. The molecule has 2 rings (SSSR count). The molecule has 1 heterocycles. The molecule has 0 amide bonds. The molecule has 2 aromatic rings. The highest BCUT2D eigenvalue weighted by atomic mass is 79.9. The Hall–Kier alpha value is -1.01. The van der Waals surface area contributed by atoms with E-state index in [1.165, 1.54) is 12.4 Å². The number of rotatable bonds is 2. The highest BCUT2D eigenvalue weighted by Gasteiger charge is 2.08. The van der Waals surface area contributed by atoms with Gasteiger partial charge in [-0.2, -0.15) is 0 Å². The number of anilines is 2. The number of hydrogen-bond donors (Lipinski definition) is 1. The summed E-state index contributed by atoms with van der Waals surface area (Å²) in [4.78, 5) is 7.83. The van der Waals surface area contributed by atoms with E-state index in [2.05, 4.69) is 47.1 Å². The molecule has 0 unspecified atom stereocenters. The maximum absolute atomic E-state index is 13.5. The number of para-hydroxylation sites is 1. The van der Waals surface area contributed by atoms with E-state index >= 15 is 0 Å². The van der Waals surface area contributed by atoms with Crippen molar-refractivity contribution in [3.05, 3.63) is 45.5 Å². The Morgan fingerprint density at radius 1 is 1.19 bits per heavy atom. The van der Waals surface area contributed by atoms with Crippen LogP contribution in [0.1, 0.15) is 0 Å². The van der Waals surface area contributed by atoms with Crippen LogP contribution in [0.3, 0.4) is 0 Å². The fraction of sp³-hybridized carbons (Fsp3) is 0. The van der Waals surface area contributed by atoms with Crippen molar-refractivity contribution >= 4 is 43.4 Å². The highest BCUT2D eigenvalue weighted by molar-refractivity contribution is 9.11. The van der Waals surface area contributed by atoms with Crippen molar-refractivity contribution in [3.63, 3.8) is 0 Å². The van der Waals surface area contributed by atoms with E-state index in [-0.39, 0.29) is 5.82 Å². The van der Waals surface area contributed by atoms with Gasteiger partial charge in [0.05, 0.1) is 10.2 Å². The molecule has 0 aliphatic heterocycles. The Labute approximate surface area is 108 Å². The second kappa shape index (κ2) is 4.88. The topological polar surface area (TPSA) is 37.8 Å². The van der Waals surface area contributed by atoms with Gasteiger partial charge in [0.1, 0.15) is 18.0 Å². The zero-order valence-electron chi connectivity index (χ0n) is 7.92. The average Bonchev–Trinajstić information content (AvgIpc) is 2.26. The SMILES string of the molecule is Fc1cccc(Br)c1Nc1ncncc1Br. The minimum absolute atomic E-state index is 0.347. The van der Waals surface area contributed by atoms with Gasteiger partial charge in [-0.05, 0) is 44.0 Å². The van der Waals surface area contributed by atoms with Crippen LogP contribution in [-0.2, 0) is 0 Å². The fourth-order valence-corrected chi connectivity index (χ4v) is 1.90. The van der Waals surface area contributed by atoms with Gasteiger partial charge < -0.3 is 5.32 Å². The second-order valence-corrected chi connectivity index (χ2v) is 4.65. The van der Waals surface area contributed by atoms with Gasteiger partial charge in [-0.3, -0.25) is 0 Å². The number of halogens is 3. The van der Waals surface area contributed by atoms with Gasteiger partial charge in [-0.25, -0.2) is 14.4 Å². The van der Waals surface area contributed by atoms with Crippen molar-refractivity contribution in [2.24, 2.45) is 0 Å². The highest BCUT2D eigenvalue weighted by Crippen LogP contribution is 2.30. The number of benzene rings is 1. The van der Waals surface area contributed by atoms with Crippen molar-refractivity contribution in [1.82, 2.24) is 9.97 Å². The van der Waals surface area contributed by atoms with Crippen LogP contribution in [0.5, 0.6) is 0 Å². The molecule has 82 valence electrons. The Kier molecular flexibility index (Phi) is 3.50. The van der Waals surface area contributed by atoms with Crippen LogP contribution in [0.15, 0.2) is 39.7 Å². The lowest BCUT2D eigenvalue weighted by Gasteiger charge is -2.09. The lowest BCUT2D eigenvalue weighted by Crippen LogP contribution is -1.98. The molecular formula is C10H6Br2FN3. The third-order valence-electron chi connectivity index (χ3n) is 1.87. The molecule has 0 atom stereocenters. The molecule has 0 spiro atoms. The maximum Gasteiger partial charge on any atom is 0.148 e. The van der Waals surface area contributed by atoms with Crippen LogP contribution >= 0.6 is 31.9 Å². The zero-order chi connectivity index (χ0) is 11.5. The van der Waals surface area contributed by atoms with Crippen LogP contribution in [0, 0.1) is 5.82 Å². The van der Waals surface area contributed by atoms with E-state index in [9.17, 15) is 4.39 Å². The zero-order valence-corrected chi connectivity index (χ0v) is 11.1. The summed E-state index contributed by atoms with van der Waals surface area (Å²) in [7, 11) is 0. The number of hydrogen-bond acceptors (Lipinski definition) is 3. The standard InChI is InChI=1S/C10H6Br2FN3/c11-6-2-1-3-8(13)9(6)16-10-7(12)4-14-5-15-10/h1-5H,(H,14,15,16). The predicted molar refractivity (Wildman–Crippen MR) is 67.1 cm³/mol. The summed E-state index contributed by atoms with van der Waals surface area (Å²) in [5, 5.41) is 2.89. The van der Waals surface area contributed by atoms with Crippen molar-refractivity contribution in [3.8, 4) is 0 Å². The van der Waals surface area contributed by atoms with Crippen molar-refractivity contribution in [1.29, 1.82) is 0 Å². The van der Waals surface area contributed by atoms with Gasteiger partial charge in [0.25, 0.3) is 0 Å². The van der Waals surface area contributed by atoms with Gasteiger partial charge in [0.2, 0.25) is 0 Å². The van der Waals surface area contributed by atoms with Gasteiger partial charge >= 0.3 is 0 Å².